The van der Waals surface area contributed by atoms with Crippen molar-refractivity contribution >= 4 is 21.9 Å². The lowest BCUT2D eigenvalue weighted by atomic mass is 10.1. The standard InChI is InChI=1S/C13H12BrFN4O2/c14-9-3-1-2-8(12(9)15)13-16-17-18-19(13)10(6-11(20)21)7-4-5-7/h1-3,7,10H,4-6H2,(H,20,21). The summed E-state index contributed by atoms with van der Waals surface area (Å²) in [4.78, 5) is 11.0. The van der Waals surface area contributed by atoms with Crippen LogP contribution in [0, 0.1) is 11.7 Å². The van der Waals surface area contributed by atoms with Crippen molar-refractivity contribution in [2.24, 2.45) is 5.92 Å². The highest BCUT2D eigenvalue weighted by atomic mass is 79.9. The van der Waals surface area contributed by atoms with Crippen LogP contribution < -0.4 is 0 Å². The van der Waals surface area contributed by atoms with Crippen molar-refractivity contribution in [1.82, 2.24) is 20.2 Å². The van der Waals surface area contributed by atoms with Crippen LogP contribution in [0.1, 0.15) is 25.3 Å². The van der Waals surface area contributed by atoms with Gasteiger partial charge in [0.15, 0.2) is 5.82 Å². The van der Waals surface area contributed by atoms with E-state index in [2.05, 4.69) is 31.5 Å². The van der Waals surface area contributed by atoms with E-state index in [1.54, 1.807) is 18.2 Å². The zero-order valence-electron chi connectivity index (χ0n) is 10.9. The number of aliphatic carboxylic acids is 1. The Morgan fingerprint density at radius 2 is 2.29 bits per heavy atom. The van der Waals surface area contributed by atoms with Gasteiger partial charge in [-0.05, 0) is 57.2 Å². The molecule has 0 saturated heterocycles. The number of nitrogens with zero attached hydrogens (tertiary/aromatic N) is 4. The minimum absolute atomic E-state index is 0.0711. The predicted octanol–water partition coefficient (Wildman–Crippen LogP) is 2.67. The lowest BCUT2D eigenvalue weighted by Crippen LogP contribution is -2.18. The molecule has 1 N–H and O–H groups in total. The van der Waals surface area contributed by atoms with Gasteiger partial charge in [-0.15, -0.1) is 5.10 Å². The van der Waals surface area contributed by atoms with Crippen LogP contribution in [0.4, 0.5) is 4.39 Å². The smallest absolute Gasteiger partial charge is 0.305 e. The highest BCUT2D eigenvalue weighted by Gasteiger charge is 2.36. The Bertz CT molecular complexity index is 687. The summed E-state index contributed by atoms with van der Waals surface area (Å²) in [5, 5.41) is 20.4. The van der Waals surface area contributed by atoms with Crippen LogP contribution in [0.2, 0.25) is 0 Å². The topological polar surface area (TPSA) is 80.9 Å². The zero-order valence-corrected chi connectivity index (χ0v) is 12.5. The normalized spacial score (nSPS) is 15.9. The fourth-order valence-corrected chi connectivity index (χ4v) is 2.75. The average molecular weight is 355 g/mol. The van der Waals surface area contributed by atoms with Gasteiger partial charge in [-0.25, -0.2) is 9.07 Å². The number of halogens is 2. The molecule has 0 amide bonds. The number of hydrogen-bond donors (Lipinski definition) is 1. The molecule has 8 heteroatoms. The molecule has 0 spiro atoms. The SMILES string of the molecule is O=C(O)CC(C1CC1)n1nnnc1-c1cccc(Br)c1F. The molecule has 6 nitrogen and oxygen atoms in total. The Balaban J connectivity index is 2.03. The predicted molar refractivity (Wildman–Crippen MR) is 74.9 cm³/mol. The van der Waals surface area contributed by atoms with Crippen LogP contribution in [0.5, 0.6) is 0 Å². The molecular weight excluding hydrogens is 343 g/mol. The Labute approximate surface area is 128 Å². The minimum atomic E-state index is -0.914. The maximum atomic E-state index is 14.2. The lowest BCUT2D eigenvalue weighted by molar-refractivity contribution is -0.138. The molecule has 1 aliphatic carbocycles. The number of tetrazole rings is 1. The first kappa shape index (κ1) is 14.1. The van der Waals surface area contributed by atoms with Crippen LogP contribution in [0.25, 0.3) is 11.4 Å². The molecular formula is C13H12BrFN4O2. The Hall–Kier alpha value is -1.83. The highest BCUT2D eigenvalue weighted by molar-refractivity contribution is 9.10. The number of rotatable bonds is 5. The van der Waals surface area contributed by atoms with E-state index in [-0.39, 0.29) is 29.8 Å². The molecule has 21 heavy (non-hydrogen) atoms. The van der Waals surface area contributed by atoms with Crippen LogP contribution >= 0.6 is 15.9 Å². The molecule has 1 aromatic carbocycles. The summed E-state index contributed by atoms with van der Waals surface area (Å²) in [6, 6.07) is 4.51. The first-order chi connectivity index (χ1) is 10.1. The highest BCUT2D eigenvalue weighted by Crippen LogP contribution is 2.42. The second kappa shape index (κ2) is 5.51. The van der Waals surface area contributed by atoms with Gasteiger partial charge >= 0.3 is 5.97 Å². The third kappa shape index (κ3) is 2.80. The second-order valence-corrected chi connectivity index (χ2v) is 5.91. The van der Waals surface area contributed by atoms with E-state index in [0.29, 0.717) is 4.47 Å². The summed E-state index contributed by atoms with van der Waals surface area (Å²) < 4.78 is 16.0. The number of hydrogen-bond acceptors (Lipinski definition) is 4. The lowest BCUT2D eigenvalue weighted by Gasteiger charge is -2.16. The van der Waals surface area contributed by atoms with Gasteiger partial charge in [0.1, 0.15) is 5.82 Å². The van der Waals surface area contributed by atoms with Crippen molar-refractivity contribution < 1.29 is 14.3 Å². The number of carboxylic acid groups (broad SMARTS) is 1. The monoisotopic (exact) mass is 354 g/mol. The molecule has 1 aliphatic rings. The van der Waals surface area contributed by atoms with Crippen LogP contribution in [0.3, 0.4) is 0 Å². The van der Waals surface area contributed by atoms with E-state index in [9.17, 15) is 9.18 Å². The molecule has 1 fully saturated rings. The molecule has 1 saturated carbocycles. The van der Waals surface area contributed by atoms with E-state index < -0.39 is 11.8 Å². The van der Waals surface area contributed by atoms with Crippen molar-refractivity contribution in [3.8, 4) is 11.4 Å². The average Bonchev–Trinajstić information content (AvgIpc) is 3.17. The Morgan fingerprint density at radius 3 is 2.95 bits per heavy atom. The maximum Gasteiger partial charge on any atom is 0.305 e. The molecule has 0 bridgehead atoms. The van der Waals surface area contributed by atoms with E-state index in [0.717, 1.165) is 12.8 Å². The molecule has 0 aliphatic heterocycles. The van der Waals surface area contributed by atoms with Gasteiger partial charge in [-0.1, -0.05) is 6.07 Å². The Morgan fingerprint density at radius 1 is 1.52 bits per heavy atom. The van der Waals surface area contributed by atoms with Crippen molar-refractivity contribution in [2.75, 3.05) is 0 Å². The Kier molecular flexibility index (Phi) is 3.71. The summed E-state index contributed by atoms with van der Waals surface area (Å²) in [6.45, 7) is 0. The summed E-state index contributed by atoms with van der Waals surface area (Å²) >= 11 is 3.13. The van der Waals surface area contributed by atoms with Crippen molar-refractivity contribution in [3.63, 3.8) is 0 Å². The van der Waals surface area contributed by atoms with Gasteiger partial charge in [0, 0.05) is 0 Å². The summed E-state index contributed by atoms with van der Waals surface area (Å²) in [6.07, 6.45) is 1.81. The number of carboxylic acids is 1. The van der Waals surface area contributed by atoms with Gasteiger partial charge in [-0.3, -0.25) is 4.79 Å². The van der Waals surface area contributed by atoms with E-state index in [1.165, 1.54) is 4.68 Å². The minimum Gasteiger partial charge on any atom is -0.481 e. The summed E-state index contributed by atoms with van der Waals surface area (Å²) in [5.74, 6) is -0.882. The third-order valence-electron chi connectivity index (χ3n) is 3.55. The van der Waals surface area contributed by atoms with Crippen molar-refractivity contribution in [3.05, 3.63) is 28.5 Å². The number of benzene rings is 1. The quantitative estimate of drug-likeness (QED) is 0.892. The number of aromatic nitrogens is 4. The molecule has 1 atom stereocenters. The fourth-order valence-electron chi connectivity index (χ4n) is 2.38. The summed E-state index contributed by atoms with van der Waals surface area (Å²) in [7, 11) is 0. The largest absolute Gasteiger partial charge is 0.481 e. The van der Waals surface area contributed by atoms with Gasteiger partial charge in [0.25, 0.3) is 0 Å². The van der Waals surface area contributed by atoms with Crippen LogP contribution in [-0.4, -0.2) is 31.3 Å². The molecule has 0 radical (unpaired) electrons. The molecule has 110 valence electrons. The van der Waals surface area contributed by atoms with E-state index in [4.69, 9.17) is 5.11 Å². The first-order valence-electron chi connectivity index (χ1n) is 6.52. The summed E-state index contributed by atoms with van der Waals surface area (Å²) in [5.41, 5.74) is 0.255. The second-order valence-electron chi connectivity index (χ2n) is 5.05. The van der Waals surface area contributed by atoms with Crippen molar-refractivity contribution in [2.45, 2.75) is 25.3 Å². The number of carbonyl (C=O) groups is 1. The molecule has 1 unspecified atom stereocenters. The van der Waals surface area contributed by atoms with Gasteiger partial charge in [-0.2, -0.15) is 0 Å². The molecule has 3 rings (SSSR count). The molecule has 1 heterocycles. The molecule has 1 aromatic heterocycles. The maximum absolute atomic E-state index is 14.2. The third-order valence-corrected chi connectivity index (χ3v) is 4.16. The first-order valence-corrected chi connectivity index (χ1v) is 7.31. The van der Waals surface area contributed by atoms with Gasteiger partial charge in [0.05, 0.1) is 22.5 Å². The van der Waals surface area contributed by atoms with E-state index in [1.807, 2.05) is 0 Å². The zero-order chi connectivity index (χ0) is 15.0. The molecule has 2 aromatic rings. The van der Waals surface area contributed by atoms with Crippen LogP contribution in [-0.2, 0) is 4.79 Å². The van der Waals surface area contributed by atoms with Gasteiger partial charge < -0.3 is 5.11 Å². The van der Waals surface area contributed by atoms with Crippen LogP contribution in [0.15, 0.2) is 22.7 Å². The fraction of sp³-hybridized carbons (Fsp3) is 0.385. The van der Waals surface area contributed by atoms with Gasteiger partial charge in [0.2, 0.25) is 0 Å². The van der Waals surface area contributed by atoms with E-state index >= 15 is 0 Å². The van der Waals surface area contributed by atoms with Crippen molar-refractivity contribution in [1.29, 1.82) is 0 Å².